The zero-order chi connectivity index (χ0) is 20.2. The first kappa shape index (κ1) is 19.1. The smallest absolute Gasteiger partial charge is 0.217 e. The molecule has 4 rings (SSSR count). The summed E-state index contributed by atoms with van der Waals surface area (Å²) in [5.74, 6) is 2.40. The standard InChI is InChI=1S/C20H21N7OS/c1-28-17-4-2-16(3-5-17)19-23-20(29)27(24-19)14-25-8-10-26(11-9-25)18-12-15(13-21)6-7-22-18/h2-7,12H,8-11,14H2,1H3,(H,23,24,29). The van der Waals surface area contributed by atoms with Crippen LogP contribution in [0.25, 0.3) is 11.4 Å². The minimum absolute atomic E-state index is 0.529. The number of aromatic nitrogens is 4. The second-order valence-electron chi connectivity index (χ2n) is 6.77. The van der Waals surface area contributed by atoms with Crippen LogP contribution in [0.4, 0.5) is 5.82 Å². The van der Waals surface area contributed by atoms with Crippen LogP contribution in [0.3, 0.4) is 0 Å². The zero-order valence-electron chi connectivity index (χ0n) is 16.1. The topological polar surface area (TPSA) is 86.0 Å². The van der Waals surface area contributed by atoms with Gasteiger partial charge in [-0.15, -0.1) is 0 Å². The van der Waals surface area contributed by atoms with E-state index in [-0.39, 0.29) is 0 Å². The molecular weight excluding hydrogens is 386 g/mol. The summed E-state index contributed by atoms with van der Waals surface area (Å²) in [7, 11) is 1.65. The number of hydrogen-bond donors (Lipinski definition) is 1. The van der Waals surface area contributed by atoms with Crippen molar-refractivity contribution in [2.45, 2.75) is 6.67 Å². The lowest BCUT2D eigenvalue weighted by molar-refractivity contribution is 0.194. The Balaban J connectivity index is 1.40. The molecule has 0 aliphatic carbocycles. The second kappa shape index (κ2) is 8.43. The number of hydrogen-bond acceptors (Lipinski definition) is 7. The van der Waals surface area contributed by atoms with E-state index in [0.717, 1.165) is 49.1 Å². The molecule has 1 aromatic carbocycles. The number of methoxy groups -OCH3 is 1. The van der Waals surface area contributed by atoms with Gasteiger partial charge in [0, 0.05) is 37.9 Å². The number of nitrogens with zero attached hydrogens (tertiary/aromatic N) is 6. The number of H-pyrrole nitrogens is 1. The number of benzene rings is 1. The fraction of sp³-hybridized carbons (Fsp3) is 0.300. The van der Waals surface area contributed by atoms with Gasteiger partial charge in [-0.1, -0.05) is 0 Å². The molecule has 9 heteroatoms. The van der Waals surface area contributed by atoms with E-state index in [0.29, 0.717) is 17.0 Å². The summed E-state index contributed by atoms with van der Waals surface area (Å²) in [6, 6.07) is 13.4. The first-order valence-electron chi connectivity index (χ1n) is 9.31. The van der Waals surface area contributed by atoms with Crippen molar-refractivity contribution in [3.8, 4) is 23.2 Å². The molecule has 2 aromatic heterocycles. The van der Waals surface area contributed by atoms with E-state index in [9.17, 15) is 0 Å². The van der Waals surface area contributed by atoms with E-state index in [1.165, 1.54) is 0 Å². The Morgan fingerprint density at radius 2 is 1.93 bits per heavy atom. The van der Waals surface area contributed by atoms with Gasteiger partial charge < -0.3 is 9.64 Å². The van der Waals surface area contributed by atoms with Gasteiger partial charge in [-0.3, -0.25) is 10.00 Å². The maximum atomic E-state index is 9.07. The van der Waals surface area contributed by atoms with Gasteiger partial charge >= 0.3 is 0 Å². The van der Waals surface area contributed by atoms with Crippen LogP contribution < -0.4 is 9.64 Å². The second-order valence-corrected chi connectivity index (χ2v) is 7.14. The van der Waals surface area contributed by atoms with E-state index in [1.807, 2.05) is 35.0 Å². The van der Waals surface area contributed by atoms with Crippen LogP contribution >= 0.6 is 12.2 Å². The molecule has 0 bridgehead atoms. The fourth-order valence-corrected chi connectivity index (χ4v) is 3.50. The number of rotatable bonds is 5. The van der Waals surface area contributed by atoms with Crippen LogP contribution in [0.15, 0.2) is 42.6 Å². The van der Waals surface area contributed by atoms with Crippen molar-refractivity contribution < 1.29 is 4.74 Å². The lowest BCUT2D eigenvalue weighted by Gasteiger charge is -2.35. The summed E-state index contributed by atoms with van der Waals surface area (Å²) in [5.41, 5.74) is 1.59. The molecule has 3 heterocycles. The molecule has 8 nitrogen and oxygen atoms in total. The van der Waals surface area contributed by atoms with Gasteiger partial charge in [-0.25, -0.2) is 9.67 Å². The number of aromatic amines is 1. The Morgan fingerprint density at radius 3 is 2.62 bits per heavy atom. The molecule has 0 saturated carbocycles. The Bertz CT molecular complexity index is 1080. The molecule has 0 spiro atoms. The maximum absolute atomic E-state index is 9.07. The highest BCUT2D eigenvalue weighted by atomic mass is 32.1. The molecule has 0 unspecified atom stereocenters. The molecule has 29 heavy (non-hydrogen) atoms. The Labute approximate surface area is 174 Å². The molecule has 0 amide bonds. The van der Waals surface area contributed by atoms with Gasteiger partial charge in [0.2, 0.25) is 4.77 Å². The first-order chi connectivity index (χ1) is 14.2. The lowest BCUT2D eigenvalue weighted by atomic mass is 10.2. The molecule has 1 aliphatic rings. The fourth-order valence-electron chi connectivity index (χ4n) is 3.31. The van der Waals surface area contributed by atoms with Gasteiger partial charge in [0.15, 0.2) is 5.82 Å². The van der Waals surface area contributed by atoms with Gasteiger partial charge in [0.05, 0.1) is 25.4 Å². The third kappa shape index (κ3) is 4.29. The van der Waals surface area contributed by atoms with Crippen LogP contribution in [0.2, 0.25) is 0 Å². The summed E-state index contributed by atoms with van der Waals surface area (Å²) in [4.78, 5) is 13.4. The van der Waals surface area contributed by atoms with Crippen molar-refractivity contribution in [1.82, 2.24) is 24.6 Å². The summed E-state index contributed by atoms with van der Waals surface area (Å²) < 4.78 is 7.62. The minimum atomic E-state index is 0.529. The van der Waals surface area contributed by atoms with Crippen molar-refractivity contribution in [3.63, 3.8) is 0 Å². The number of pyridine rings is 1. The summed E-state index contributed by atoms with van der Waals surface area (Å²) in [5, 5.41) is 12.4. The molecule has 1 aliphatic heterocycles. The van der Waals surface area contributed by atoms with E-state index in [4.69, 9.17) is 22.2 Å². The van der Waals surface area contributed by atoms with E-state index in [1.54, 1.807) is 19.4 Å². The van der Waals surface area contributed by atoms with Crippen LogP contribution in [0.1, 0.15) is 5.56 Å². The predicted octanol–water partition coefficient (Wildman–Crippen LogP) is 2.66. The number of anilines is 1. The Hall–Kier alpha value is -3.22. The molecule has 1 saturated heterocycles. The summed E-state index contributed by atoms with van der Waals surface area (Å²) in [6.45, 7) is 4.08. The SMILES string of the molecule is COc1ccc(-c2nc(=S)n(CN3CCN(c4cc(C#N)ccn4)CC3)[nH]2)cc1. The molecule has 0 atom stereocenters. The van der Waals surface area contributed by atoms with Crippen LogP contribution in [-0.4, -0.2) is 57.9 Å². The highest BCUT2D eigenvalue weighted by Crippen LogP contribution is 2.20. The Kier molecular flexibility index (Phi) is 5.55. The van der Waals surface area contributed by atoms with Gasteiger partial charge in [0.1, 0.15) is 11.6 Å². The number of piperazine rings is 1. The number of nitriles is 1. The normalized spacial score (nSPS) is 14.6. The highest BCUT2D eigenvalue weighted by Gasteiger charge is 2.19. The minimum Gasteiger partial charge on any atom is -0.497 e. The summed E-state index contributed by atoms with van der Waals surface area (Å²) >= 11 is 5.44. The zero-order valence-corrected chi connectivity index (χ0v) is 16.9. The largest absolute Gasteiger partial charge is 0.497 e. The van der Waals surface area contributed by atoms with Gasteiger partial charge in [-0.05, 0) is 48.6 Å². The predicted molar refractivity (Wildman–Crippen MR) is 112 cm³/mol. The Morgan fingerprint density at radius 1 is 1.17 bits per heavy atom. The quantitative estimate of drug-likeness (QED) is 0.651. The monoisotopic (exact) mass is 407 g/mol. The van der Waals surface area contributed by atoms with Crippen molar-refractivity contribution in [2.75, 3.05) is 38.2 Å². The summed E-state index contributed by atoms with van der Waals surface area (Å²) in [6.07, 6.45) is 1.69. The van der Waals surface area contributed by atoms with Crippen molar-refractivity contribution in [3.05, 3.63) is 52.9 Å². The van der Waals surface area contributed by atoms with Crippen LogP contribution in [-0.2, 0) is 6.67 Å². The first-order valence-corrected chi connectivity index (χ1v) is 9.72. The van der Waals surface area contributed by atoms with Crippen molar-refractivity contribution in [2.24, 2.45) is 0 Å². The molecule has 3 aromatic rings. The lowest BCUT2D eigenvalue weighted by Crippen LogP contribution is -2.47. The average molecular weight is 408 g/mol. The van der Waals surface area contributed by atoms with Crippen molar-refractivity contribution >= 4 is 18.0 Å². The third-order valence-corrected chi connectivity index (χ3v) is 5.27. The number of nitrogens with one attached hydrogen (secondary N) is 1. The molecule has 1 N–H and O–H groups in total. The maximum Gasteiger partial charge on any atom is 0.217 e. The molecule has 0 radical (unpaired) electrons. The van der Waals surface area contributed by atoms with Gasteiger partial charge in [0.25, 0.3) is 0 Å². The van der Waals surface area contributed by atoms with Crippen LogP contribution in [0.5, 0.6) is 5.75 Å². The highest BCUT2D eigenvalue weighted by molar-refractivity contribution is 7.71. The van der Waals surface area contributed by atoms with Gasteiger partial charge in [-0.2, -0.15) is 10.2 Å². The van der Waals surface area contributed by atoms with Crippen LogP contribution in [0, 0.1) is 16.1 Å². The molecule has 1 fully saturated rings. The average Bonchev–Trinajstić information content (AvgIpc) is 3.14. The van der Waals surface area contributed by atoms with E-state index >= 15 is 0 Å². The number of ether oxygens (including phenoxy) is 1. The van der Waals surface area contributed by atoms with E-state index < -0.39 is 0 Å². The third-order valence-electron chi connectivity index (χ3n) is 4.95. The molecular formula is C20H21N7OS. The van der Waals surface area contributed by atoms with E-state index in [2.05, 4.69) is 30.9 Å². The molecule has 148 valence electrons. The van der Waals surface area contributed by atoms with Crippen molar-refractivity contribution in [1.29, 1.82) is 5.26 Å².